The number of anilines is 1. The Balaban J connectivity index is 1.60. The van der Waals surface area contributed by atoms with Crippen molar-refractivity contribution in [3.05, 3.63) is 36.3 Å². The number of hydrogen-bond acceptors (Lipinski definition) is 8. The Labute approximate surface area is 279 Å². The molecule has 262 valence electrons. The smallest absolute Gasteiger partial charge is 0.317 e. The number of nitrogens with zero attached hydrogens (tertiary/aromatic N) is 4. The van der Waals surface area contributed by atoms with Gasteiger partial charge < -0.3 is 34.3 Å². The van der Waals surface area contributed by atoms with Crippen LogP contribution in [0.15, 0.2) is 35.7 Å². The van der Waals surface area contributed by atoms with Crippen LogP contribution in [-0.2, 0) is 21.8 Å². The zero-order valence-corrected chi connectivity index (χ0v) is 29.2. The maximum Gasteiger partial charge on any atom is 0.317 e. The highest BCUT2D eigenvalue weighted by atomic mass is 32.2. The minimum Gasteiger partial charge on any atom is -0.490 e. The summed E-state index contributed by atoms with van der Waals surface area (Å²) < 4.78 is 42.8. The molecule has 0 spiro atoms. The number of urea groups is 1. The molecule has 4 atom stereocenters. The van der Waals surface area contributed by atoms with Gasteiger partial charge in [-0.1, -0.05) is 26.2 Å². The molecule has 13 nitrogen and oxygen atoms in total. The first-order valence-electron chi connectivity index (χ1n) is 16.7. The number of hydrogen-bond donors (Lipinski definition) is 3. The molecule has 3 amide bonds. The number of amides is 3. The minimum absolute atomic E-state index is 0.135. The van der Waals surface area contributed by atoms with Crippen LogP contribution >= 0.6 is 0 Å². The highest BCUT2D eigenvalue weighted by Gasteiger charge is 2.31. The number of aliphatic hydroxyl groups is 1. The van der Waals surface area contributed by atoms with Crippen molar-refractivity contribution in [2.24, 2.45) is 13.0 Å². The lowest BCUT2D eigenvalue weighted by Crippen LogP contribution is -2.50. The maximum atomic E-state index is 14.3. The molecule has 4 rings (SSSR count). The Hall–Kier alpha value is -3.36. The third-order valence-electron chi connectivity index (χ3n) is 8.99. The van der Waals surface area contributed by atoms with E-state index in [1.54, 1.807) is 43.0 Å². The largest absolute Gasteiger partial charge is 0.490 e. The Morgan fingerprint density at radius 2 is 1.87 bits per heavy atom. The summed E-state index contributed by atoms with van der Waals surface area (Å²) >= 11 is 0. The van der Waals surface area contributed by atoms with Gasteiger partial charge >= 0.3 is 6.03 Å². The van der Waals surface area contributed by atoms with E-state index in [2.05, 4.69) is 15.0 Å². The molecule has 0 bridgehead atoms. The van der Waals surface area contributed by atoms with Crippen LogP contribution in [0.3, 0.4) is 0 Å². The van der Waals surface area contributed by atoms with Gasteiger partial charge in [0, 0.05) is 57.6 Å². The first-order valence-corrected chi connectivity index (χ1v) is 18.2. The predicted molar refractivity (Wildman–Crippen MR) is 179 cm³/mol. The maximum absolute atomic E-state index is 14.3. The van der Waals surface area contributed by atoms with Crippen LogP contribution in [0.1, 0.15) is 82.5 Å². The molecular weight excluding hydrogens is 624 g/mol. The zero-order chi connectivity index (χ0) is 34.1. The number of rotatable bonds is 8. The molecule has 47 heavy (non-hydrogen) atoms. The predicted octanol–water partition coefficient (Wildman–Crippen LogP) is 3.99. The van der Waals surface area contributed by atoms with Crippen molar-refractivity contribution in [1.82, 2.24) is 24.7 Å². The molecule has 0 radical (unpaired) electrons. The van der Waals surface area contributed by atoms with E-state index in [1.807, 2.05) is 13.8 Å². The first-order chi connectivity index (χ1) is 22.4. The summed E-state index contributed by atoms with van der Waals surface area (Å²) in [5.41, 5.74) is 0.348. The fourth-order valence-electron chi connectivity index (χ4n) is 6.07. The van der Waals surface area contributed by atoms with Gasteiger partial charge in [0.15, 0.2) is 5.03 Å². The van der Waals surface area contributed by atoms with Crippen LogP contribution in [0.5, 0.6) is 5.75 Å². The number of fused-ring (bicyclic) bond motifs is 1. The number of aryl methyl sites for hydroxylation is 1. The van der Waals surface area contributed by atoms with E-state index >= 15 is 0 Å². The van der Waals surface area contributed by atoms with Crippen molar-refractivity contribution in [1.29, 1.82) is 0 Å². The van der Waals surface area contributed by atoms with E-state index in [0.717, 1.165) is 38.5 Å². The summed E-state index contributed by atoms with van der Waals surface area (Å²) in [6.07, 6.45) is 9.95. The fraction of sp³-hybridized carbons (Fsp3) is 0.667. The van der Waals surface area contributed by atoms with Crippen molar-refractivity contribution in [2.75, 3.05) is 38.1 Å². The van der Waals surface area contributed by atoms with E-state index in [-0.39, 0.29) is 59.6 Å². The molecule has 1 aliphatic heterocycles. The Kier molecular flexibility index (Phi) is 12.9. The lowest BCUT2D eigenvalue weighted by atomic mass is 9.96. The minimum atomic E-state index is -4.02. The van der Waals surface area contributed by atoms with Gasteiger partial charge in [0.1, 0.15) is 5.75 Å². The van der Waals surface area contributed by atoms with E-state index in [0.29, 0.717) is 25.3 Å². The SMILES string of the molecule is C[C@@H]1CCCCO[C@H](CN(C)C(=O)NC2CCCCC2)[C@@H](C)CN([C@H](C)CO)C(=O)c2cc(NS(=O)(=O)c3cn(C)cn3)ccc2O1. The molecule has 2 aromatic rings. The normalized spacial score (nSPS) is 22.8. The van der Waals surface area contributed by atoms with E-state index < -0.39 is 22.0 Å². The molecule has 3 N–H and O–H groups in total. The Bertz CT molecular complexity index is 1440. The summed E-state index contributed by atoms with van der Waals surface area (Å²) in [5.74, 6) is -0.302. The van der Waals surface area contributed by atoms with Crippen molar-refractivity contribution < 1.29 is 32.6 Å². The topological polar surface area (TPSA) is 155 Å². The van der Waals surface area contributed by atoms with Gasteiger partial charge in [0.05, 0.1) is 36.7 Å². The van der Waals surface area contributed by atoms with E-state index in [4.69, 9.17) is 9.47 Å². The second-order valence-corrected chi connectivity index (χ2v) is 14.8. The third-order valence-corrected chi connectivity index (χ3v) is 10.3. The molecule has 2 aliphatic rings. The number of aliphatic hydroxyl groups excluding tert-OH is 1. The average molecular weight is 677 g/mol. The second-order valence-electron chi connectivity index (χ2n) is 13.2. The summed E-state index contributed by atoms with van der Waals surface area (Å²) in [6, 6.07) is 4.11. The number of ether oxygens (including phenoxy) is 2. The quantitative estimate of drug-likeness (QED) is 0.379. The molecule has 1 aromatic carbocycles. The average Bonchev–Trinajstić information content (AvgIpc) is 3.50. The number of nitrogens with one attached hydrogen (secondary N) is 2. The highest BCUT2D eigenvalue weighted by molar-refractivity contribution is 7.92. The van der Waals surface area contributed by atoms with Crippen LogP contribution in [0, 0.1) is 5.92 Å². The lowest BCUT2D eigenvalue weighted by molar-refractivity contribution is -0.0123. The molecule has 1 saturated carbocycles. The molecule has 0 saturated heterocycles. The van der Waals surface area contributed by atoms with Crippen LogP contribution in [0.25, 0.3) is 0 Å². The fourth-order valence-corrected chi connectivity index (χ4v) is 7.10. The monoisotopic (exact) mass is 676 g/mol. The van der Waals surface area contributed by atoms with Crippen LogP contribution in [-0.4, -0.2) is 102 Å². The number of carbonyl (C=O) groups is 2. The molecule has 1 aliphatic carbocycles. The van der Waals surface area contributed by atoms with Gasteiger partial charge in [0.2, 0.25) is 0 Å². The number of likely N-dealkylation sites (N-methyl/N-ethyl adjacent to an activating group) is 1. The second kappa shape index (κ2) is 16.6. The molecule has 14 heteroatoms. The highest BCUT2D eigenvalue weighted by Crippen LogP contribution is 2.29. The third kappa shape index (κ3) is 10.1. The zero-order valence-electron chi connectivity index (χ0n) is 28.4. The van der Waals surface area contributed by atoms with E-state index in [9.17, 15) is 23.1 Å². The van der Waals surface area contributed by atoms with Crippen molar-refractivity contribution in [3.8, 4) is 5.75 Å². The lowest BCUT2D eigenvalue weighted by Gasteiger charge is -2.36. The Morgan fingerprint density at radius 1 is 1.15 bits per heavy atom. The van der Waals surface area contributed by atoms with Crippen molar-refractivity contribution >= 4 is 27.6 Å². The van der Waals surface area contributed by atoms with Crippen molar-refractivity contribution in [2.45, 2.75) is 101 Å². The molecule has 1 aromatic heterocycles. The van der Waals surface area contributed by atoms with Crippen LogP contribution in [0.4, 0.5) is 10.5 Å². The van der Waals surface area contributed by atoms with Gasteiger partial charge in [-0.05, 0) is 64.2 Å². The van der Waals surface area contributed by atoms with Gasteiger partial charge in [-0.15, -0.1) is 0 Å². The number of benzene rings is 1. The van der Waals surface area contributed by atoms with Crippen molar-refractivity contribution in [3.63, 3.8) is 0 Å². The van der Waals surface area contributed by atoms with Gasteiger partial charge in [0.25, 0.3) is 15.9 Å². The van der Waals surface area contributed by atoms with Gasteiger partial charge in [-0.3, -0.25) is 9.52 Å². The van der Waals surface area contributed by atoms with Gasteiger partial charge in [-0.25, -0.2) is 9.78 Å². The first kappa shape index (κ1) is 36.5. The van der Waals surface area contributed by atoms with Gasteiger partial charge in [-0.2, -0.15) is 8.42 Å². The van der Waals surface area contributed by atoms with Crippen LogP contribution < -0.4 is 14.8 Å². The summed E-state index contributed by atoms with van der Waals surface area (Å²) in [7, 11) is -0.577. The number of imidazole rings is 1. The molecular formula is C33H52N6O7S. The Morgan fingerprint density at radius 3 is 2.55 bits per heavy atom. The number of sulfonamides is 1. The summed E-state index contributed by atoms with van der Waals surface area (Å²) in [6.45, 7) is 6.44. The number of carbonyl (C=O) groups excluding carboxylic acids is 2. The molecule has 1 fully saturated rings. The standard InChI is InChI=1S/C33H52N6O7S/c1-23-18-39(24(2)21-40)32(41)28-17-27(36-47(43,44)31-20-37(4)22-34-31)14-15-29(28)46-25(3)11-9-10-16-45-30(23)19-38(5)33(42)35-26-12-7-6-8-13-26/h14-15,17,20,22-26,30,36,40H,6-13,16,18-19,21H2,1-5H3,(H,35,42)/t23-,24+,25+,30+/m0/s1. The molecule has 0 unspecified atom stereocenters. The van der Waals surface area contributed by atoms with Crippen LogP contribution in [0.2, 0.25) is 0 Å². The van der Waals surface area contributed by atoms with E-state index in [1.165, 1.54) is 29.6 Å². The summed E-state index contributed by atoms with van der Waals surface area (Å²) in [5, 5.41) is 13.2. The molecule has 2 heterocycles. The summed E-state index contributed by atoms with van der Waals surface area (Å²) in [4.78, 5) is 34.6. The number of aromatic nitrogens is 2.